The molecule has 0 saturated heterocycles. The number of hydrogen-bond acceptors (Lipinski definition) is 3. The number of allylic oxidation sites excluding steroid dienone is 5. The van der Waals surface area contributed by atoms with Crippen LogP contribution in [-0.2, 0) is 4.74 Å². The number of ether oxygens (including phenoxy) is 1. The maximum atomic E-state index is 11.6. The number of imidazole rings is 1. The molecule has 0 amide bonds. The fraction of sp³-hybridized carbons (Fsp3) is 0.500. The highest BCUT2D eigenvalue weighted by molar-refractivity contribution is 5.85. The van der Waals surface area contributed by atoms with Crippen LogP contribution in [0.1, 0.15) is 70.2 Å². The van der Waals surface area contributed by atoms with Gasteiger partial charge in [0.25, 0.3) is 0 Å². The Labute approximate surface area is 144 Å². The van der Waals surface area contributed by atoms with Gasteiger partial charge in [-0.05, 0) is 62.7 Å². The van der Waals surface area contributed by atoms with Crippen molar-refractivity contribution in [2.24, 2.45) is 5.41 Å². The number of H-pyrrole nitrogens is 1. The van der Waals surface area contributed by atoms with Crippen molar-refractivity contribution in [2.75, 3.05) is 6.61 Å². The molecule has 1 N–H and O–H groups in total. The van der Waals surface area contributed by atoms with Gasteiger partial charge in [-0.25, -0.2) is 9.78 Å². The quantitative estimate of drug-likeness (QED) is 0.606. The summed E-state index contributed by atoms with van der Waals surface area (Å²) in [6.07, 6.45) is 11.7. The molecule has 0 aliphatic heterocycles. The zero-order chi connectivity index (χ0) is 17.7. The van der Waals surface area contributed by atoms with Crippen molar-refractivity contribution in [1.82, 2.24) is 9.97 Å². The Hall–Kier alpha value is -2.10. The molecule has 24 heavy (non-hydrogen) atoms. The molecule has 1 heterocycles. The average Bonchev–Trinajstić information content (AvgIpc) is 2.95. The number of rotatable bonds is 5. The molecule has 0 saturated carbocycles. The minimum atomic E-state index is -0.421. The summed E-state index contributed by atoms with van der Waals surface area (Å²) in [6, 6.07) is 0. The molecule has 4 nitrogen and oxygen atoms in total. The number of hydrogen-bond donors (Lipinski definition) is 1. The lowest BCUT2D eigenvalue weighted by Gasteiger charge is -2.32. The summed E-state index contributed by atoms with van der Waals surface area (Å²) in [5.41, 5.74) is 4.99. The number of carbonyl (C=O) groups is 1. The van der Waals surface area contributed by atoms with Crippen LogP contribution in [0, 0.1) is 5.41 Å². The summed E-state index contributed by atoms with van der Waals surface area (Å²) in [6.45, 7) is 11.0. The van der Waals surface area contributed by atoms with Gasteiger partial charge in [-0.15, -0.1) is 0 Å². The summed E-state index contributed by atoms with van der Waals surface area (Å²) >= 11 is 0. The second-order valence-corrected chi connectivity index (χ2v) is 7.05. The van der Waals surface area contributed by atoms with E-state index in [0.717, 1.165) is 11.3 Å². The number of nitrogens with zero attached hydrogens (tertiary/aromatic N) is 1. The normalized spacial score (nSPS) is 18.3. The predicted molar refractivity (Wildman–Crippen MR) is 97.7 cm³/mol. The Kier molecular flexibility index (Phi) is 5.81. The summed E-state index contributed by atoms with van der Waals surface area (Å²) in [4.78, 5) is 18.7. The molecule has 0 spiro atoms. The molecular weight excluding hydrogens is 300 g/mol. The Balaban J connectivity index is 2.13. The predicted octanol–water partition coefficient (Wildman–Crippen LogP) is 5.07. The molecule has 1 aromatic rings. The van der Waals surface area contributed by atoms with E-state index in [1.807, 2.05) is 13.0 Å². The molecular formula is C20H28N2O2. The first-order valence-corrected chi connectivity index (χ1v) is 8.62. The van der Waals surface area contributed by atoms with Gasteiger partial charge < -0.3 is 9.72 Å². The first-order valence-electron chi connectivity index (χ1n) is 8.62. The number of nitrogens with one attached hydrogen (secondary N) is 1. The standard InChI is InChI=1S/C20H28N2O2/c1-6-24-19(23)18-21-13-16(22-18)12-14(2)9-10-17-15(3)8-7-11-20(17,4)5/h9-10,12-13H,6-8,11H2,1-5H3,(H,21,22). The molecule has 0 fully saturated rings. The lowest BCUT2D eigenvalue weighted by Crippen LogP contribution is -2.19. The lowest BCUT2D eigenvalue weighted by molar-refractivity contribution is 0.0513. The lowest BCUT2D eigenvalue weighted by atomic mass is 9.72. The maximum absolute atomic E-state index is 11.6. The van der Waals surface area contributed by atoms with Crippen LogP contribution in [0.4, 0.5) is 0 Å². The molecule has 130 valence electrons. The largest absolute Gasteiger partial charge is 0.460 e. The summed E-state index contributed by atoms with van der Waals surface area (Å²) in [7, 11) is 0. The van der Waals surface area contributed by atoms with Gasteiger partial charge in [0, 0.05) is 6.20 Å². The van der Waals surface area contributed by atoms with Crippen molar-refractivity contribution in [3.8, 4) is 0 Å². The fourth-order valence-electron chi connectivity index (χ4n) is 3.22. The van der Waals surface area contributed by atoms with E-state index in [-0.39, 0.29) is 11.2 Å². The Morgan fingerprint density at radius 2 is 2.21 bits per heavy atom. The van der Waals surface area contributed by atoms with E-state index in [2.05, 4.69) is 42.9 Å². The van der Waals surface area contributed by atoms with Crippen molar-refractivity contribution in [3.05, 3.63) is 46.6 Å². The molecule has 0 bridgehead atoms. The first-order chi connectivity index (χ1) is 11.3. The van der Waals surface area contributed by atoms with E-state index in [1.54, 1.807) is 13.1 Å². The molecule has 1 aliphatic rings. The minimum Gasteiger partial charge on any atom is -0.460 e. The van der Waals surface area contributed by atoms with Crippen LogP contribution in [0.5, 0.6) is 0 Å². The minimum absolute atomic E-state index is 0.239. The highest BCUT2D eigenvalue weighted by Crippen LogP contribution is 2.40. The van der Waals surface area contributed by atoms with Crippen molar-refractivity contribution < 1.29 is 9.53 Å². The molecule has 2 rings (SSSR count). The topological polar surface area (TPSA) is 55.0 Å². The smallest absolute Gasteiger partial charge is 0.374 e. The van der Waals surface area contributed by atoms with Crippen LogP contribution in [-0.4, -0.2) is 22.5 Å². The second kappa shape index (κ2) is 7.65. The highest BCUT2D eigenvalue weighted by atomic mass is 16.5. The molecule has 0 radical (unpaired) electrons. The van der Waals surface area contributed by atoms with Crippen molar-refractivity contribution >= 4 is 12.0 Å². The average molecular weight is 328 g/mol. The van der Waals surface area contributed by atoms with Crippen LogP contribution in [0.15, 0.2) is 35.1 Å². The number of aromatic amines is 1. The van der Waals surface area contributed by atoms with Crippen molar-refractivity contribution in [2.45, 2.75) is 53.9 Å². The molecule has 0 unspecified atom stereocenters. The van der Waals surface area contributed by atoms with Gasteiger partial charge >= 0.3 is 5.97 Å². The third kappa shape index (κ3) is 4.47. The number of carbonyl (C=O) groups excluding carboxylic acids is 1. The molecule has 4 heteroatoms. The maximum Gasteiger partial charge on any atom is 0.374 e. The first kappa shape index (κ1) is 18.2. The van der Waals surface area contributed by atoms with Crippen LogP contribution >= 0.6 is 0 Å². The van der Waals surface area contributed by atoms with Crippen LogP contribution < -0.4 is 0 Å². The zero-order valence-corrected chi connectivity index (χ0v) is 15.4. The monoisotopic (exact) mass is 328 g/mol. The van der Waals surface area contributed by atoms with E-state index in [9.17, 15) is 4.79 Å². The Morgan fingerprint density at radius 1 is 1.46 bits per heavy atom. The SMILES string of the molecule is CCOC(=O)c1nc(C=C(C)C=CC2=C(C)CCCC2(C)C)c[nH]1. The molecule has 1 aromatic heterocycles. The zero-order valence-electron chi connectivity index (χ0n) is 15.4. The van der Waals surface area contributed by atoms with Crippen LogP contribution in [0.3, 0.4) is 0 Å². The van der Waals surface area contributed by atoms with E-state index in [1.165, 1.54) is 30.4 Å². The molecule has 0 atom stereocenters. The summed E-state index contributed by atoms with van der Waals surface area (Å²) in [5, 5.41) is 0. The van der Waals surface area contributed by atoms with Gasteiger partial charge in [-0.2, -0.15) is 0 Å². The number of aromatic nitrogens is 2. The van der Waals surface area contributed by atoms with Crippen LogP contribution in [0.25, 0.3) is 6.08 Å². The fourth-order valence-corrected chi connectivity index (χ4v) is 3.22. The highest BCUT2D eigenvalue weighted by Gasteiger charge is 2.26. The molecule has 0 aromatic carbocycles. The third-order valence-corrected chi connectivity index (χ3v) is 4.50. The number of esters is 1. The van der Waals surface area contributed by atoms with Gasteiger partial charge in [0.2, 0.25) is 5.82 Å². The van der Waals surface area contributed by atoms with Gasteiger partial charge in [-0.3, -0.25) is 0 Å². The summed E-state index contributed by atoms with van der Waals surface area (Å²) in [5.74, 6) is -0.179. The van der Waals surface area contributed by atoms with Crippen molar-refractivity contribution in [3.63, 3.8) is 0 Å². The van der Waals surface area contributed by atoms with Gasteiger partial charge in [0.15, 0.2) is 0 Å². The second-order valence-electron chi connectivity index (χ2n) is 7.05. The Morgan fingerprint density at radius 3 is 2.88 bits per heavy atom. The van der Waals surface area contributed by atoms with Gasteiger partial charge in [-0.1, -0.05) is 31.6 Å². The third-order valence-electron chi connectivity index (χ3n) is 4.50. The van der Waals surface area contributed by atoms with E-state index >= 15 is 0 Å². The van der Waals surface area contributed by atoms with E-state index in [4.69, 9.17) is 4.74 Å². The van der Waals surface area contributed by atoms with Crippen molar-refractivity contribution in [1.29, 1.82) is 0 Å². The van der Waals surface area contributed by atoms with Crippen LogP contribution in [0.2, 0.25) is 0 Å². The van der Waals surface area contributed by atoms with Gasteiger partial charge in [0.1, 0.15) is 0 Å². The Bertz CT molecular complexity index is 690. The molecule has 1 aliphatic carbocycles. The summed E-state index contributed by atoms with van der Waals surface area (Å²) < 4.78 is 4.93. The van der Waals surface area contributed by atoms with E-state index in [0.29, 0.717) is 6.61 Å². The van der Waals surface area contributed by atoms with Gasteiger partial charge in [0.05, 0.1) is 12.3 Å². The van der Waals surface area contributed by atoms with E-state index < -0.39 is 5.97 Å².